The molecule has 1 unspecified atom stereocenters. The maximum Gasteiger partial charge on any atom is 0.216 e. The molecule has 0 saturated carbocycles. The highest BCUT2D eigenvalue weighted by atomic mass is 16.5. The van der Waals surface area contributed by atoms with Gasteiger partial charge in [0.25, 0.3) is 0 Å². The van der Waals surface area contributed by atoms with Crippen LogP contribution in [0.25, 0.3) is 0 Å². The first-order valence-corrected chi connectivity index (χ1v) is 6.74. The maximum atomic E-state index is 5.41. The number of ether oxygens (including phenoxy) is 1. The quantitative estimate of drug-likeness (QED) is 0.902. The molecule has 0 aliphatic carbocycles. The average molecular weight is 277 g/mol. The normalized spacial score (nSPS) is 12.7. The number of nitrogens with one attached hydrogen (secondary N) is 1. The van der Waals surface area contributed by atoms with E-state index in [1.165, 1.54) is 11.3 Å². The Kier molecular flexibility index (Phi) is 4.13. The molecule has 110 valence electrons. The molecule has 0 aliphatic rings. The molecular weight excluding hydrogens is 254 g/mol. The van der Waals surface area contributed by atoms with E-state index in [4.69, 9.17) is 4.74 Å². The predicted octanol–water partition coefficient (Wildman–Crippen LogP) is 1.63. The lowest BCUT2D eigenvalue weighted by Crippen LogP contribution is -2.19. The highest BCUT2D eigenvalue weighted by Gasteiger charge is 2.16. The van der Waals surface area contributed by atoms with E-state index in [2.05, 4.69) is 29.4 Å². The van der Waals surface area contributed by atoms with E-state index >= 15 is 0 Å². The minimum Gasteiger partial charge on any atom is -0.481 e. The molecule has 2 aromatic rings. The molecule has 0 fully saturated rings. The van der Waals surface area contributed by atoms with Gasteiger partial charge in [-0.05, 0) is 20.8 Å². The van der Waals surface area contributed by atoms with Crippen LogP contribution in [0.2, 0.25) is 0 Å². The summed E-state index contributed by atoms with van der Waals surface area (Å²) in [4.78, 5) is 0. The van der Waals surface area contributed by atoms with E-state index < -0.39 is 0 Å². The van der Waals surface area contributed by atoms with Crippen LogP contribution in [-0.2, 0) is 20.6 Å². The molecule has 0 saturated heterocycles. The molecule has 0 bridgehead atoms. The first-order chi connectivity index (χ1) is 9.45. The summed E-state index contributed by atoms with van der Waals surface area (Å²) in [5, 5.41) is 12.2. The molecule has 2 heterocycles. The summed E-state index contributed by atoms with van der Waals surface area (Å²) in [5.74, 6) is 0.810. The zero-order valence-electron chi connectivity index (χ0n) is 13.1. The Hall–Kier alpha value is -1.82. The molecule has 0 aromatic carbocycles. The van der Waals surface area contributed by atoms with Crippen molar-refractivity contribution in [2.75, 3.05) is 7.11 Å². The topological polar surface area (TPSA) is 56.9 Å². The van der Waals surface area contributed by atoms with Gasteiger partial charge in [-0.15, -0.1) is 0 Å². The Balaban J connectivity index is 2.11. The Morgan fingerprint density at radius 2 is 2.00 bits per heavy atom. The molecule has 6 nitrogen and oxygen atoms in total. The fourth-order valence-corrected chi connectivity index (χ4v) is 2.45. The lowest BCUT2D eigenvalue weighted by Gasteiger charge is -2.14. The minimum atomic E-state index is 0.230. The van der Waals surface area contributed by atoms with E-state index in [0.717, 1.165) is 23.7 Å². The van der Waals surface area contributed by atoms with Crippen LogP contribution >= 0.6 is 0 Å². The zero-order valence-corrected chi connectivity index (χ0v) is 13.1. The third-order valence-electron chi connectivity index (χ3n) is 3.81. The summed E-state index contributed by atoms with van der Waals surface area (Å²) in [7, 11) is 5.53. The van der Waals surface area contributed by atoms with Crippen LogP contribution in [0.15, 0.2) is 6.20 Å². The van der Waals surface area contributed by atoms with E-state index in [1.807, 2.05) is 31.9 Å². The monoisotopic (exact) mass is 277 g/mol. The fourth-order valence-electron chi connectivity index (χ4n) is 2.45. The minimum absolute atomic E-state index is 0.230. The maximum absolute atomic E-state index is 5.41. The number of aryl methyl sites for hydroxylation is 3. The van der Waals surface area contributed by atoms with Crippen LogP contribution < -0.4 is 10.1 Å². The summed E-state index contributed by atoms with van der Waals surface area (Å²) in [6.45, 7) is 6.94. The van der Waals surface area contributed by atoms with Gasteiger partial charge in [0.2, 0.25) is 5.88 Å². The van der Waals surface area contributed by atoms with Crippen LogP contribution in [0.3, 0.4) is 0 Å². The molecule has 0 aliphatic heterocycles. The number of nitrogens with zero attached hydrogens (tertiary/aromatic N) is 4. The van der Waals surface area contributed by atoms with Crippen molar-refractivity contribution in [1.82, 2.24) is 24.9 Å². The number of rotatable bonds is 5. The number of aromatic nitrogens is 4. The zero-order chi connectivity index (χ0) is 14.9. The van der Waals surface area contributed by atoms with Gasteiger partial charge < -0.3 is 10.1 Å². The molecule has 2 rings (SSSR count). The van der Waals surface area contributed by atoms with E-state index in [9.17, 15) is 0 Å². The van der Waals surface area contributed by atoms with Crippen LogP contribution in [-0.4, -0.2) is 26.7 Å². The van der Waals surface area contributed by atoms with Crippen molar-refractivity contribution < 1.29 is 4.74 Å². The standard InChI is InChI=1S/C14H23N5O/c1-9(12-8-16-18(4)11(12)3)15-7-13-10(2)17-19(5)14(13)20-6/h8-9,15H,7H2,1-6H3. The van der Waals surface area contributed by atoms with Gasteiger partial charge >= 0.3 is 0 Å². The van der Waals surface area contributed by atoms with Crippen molar-refractivity contribution in [3.05, 3.63) is 28.7 Å². The molecule has 1 N–H and O–H groups in total. The van der Waals surface area contributed by atoms with Crippen molar-refractivity contribution in [3.8, 4) is 5.88 Å². The molecule has 6 heteroatoms. The summed E-state index contributed by atoms with van der Waals surface area (Å²) in [6, 6.07) is 0.230. The van der Waals surface area contributed by atoms with Crippen LogP contribution in [0.1, 0.15) is 35.5 Å². The SMILES string of the molecule is COc1c(CNC(C)c2cnn(C)c2C)c(C)nn1C. The van der Waals surface area contributed by atoms with Crippen LogP contribution in [0.5, 0.6) is 5.88 Å². The molecule has 20 heavy (non-hydrogen) atoms. The highest BCUT2D eigenvalue weighted by Crippen LogP contribution is 2.22. The number of methoxy groups -OCH3 is 1. The Bertz CT molecular complexity index is 599. The van der Waals surface area contributed by atoms with Gasteiger partial charge in [0, 0.05) is 37.9 Å². The third kappa shape index (κ3) is 2.56. The van der Waals surface area contributed by atoms with Gasteiger partial charge in [-0.2, -0.15) is 10.2 Å². The van der Waals surface area contributed by atoms with Crippen molar-refractivity contribution in [1.29, 1.82) is 0 Å². The van der Waals surface area contributed by atoms with Crippen LogP contribution in [0.4, 0.5) is 0 Å². The Morgan fingerprint density at radius 1 is 1.30 bits per heavy atom. The Labute approximate surface area is 119 Å². The van der Waals surface area contributed by atoms with E-state index in [-0.39, 0.29) is 6.04 Å². The summed E-state index contributed by atoms with van der Waals surface area (Å²) in [6.07, 6.45) is 1.92. The molecule has 0 radical (unpaired) electrons. The molecule has 1 atom stereocenters. The van der Waals surface area contributed by atoms with Crippen molar-refractivity contribution in [3.63, 3.8) is 0 Å². The molecule has 0 spiro atoms. The van der Waals surface area contributed by atoms with Gasteiger partial charge in [0.05, 0.1) is 24.6 Å². The smallest absolute Gasteiger partial charge is 0.216 e. The largest absolute Gasteiger partial charge is 0.481 e. The predicted molar refractivity (Wildman–Crippen MR) is 77.7 cm³/mol. The van der Waals surface area contributed by atoms with Gasteiger partial charge in [0.1, 0.15) is 0 Å². The van der Waals surface area contributed by atoms with E-state index in [1.54, 1.807) is 11.8 Å². The molecule has 2 aromatic heterocycles. The van der Waals surface area contributed by atoms with Crippen molar-refractivity contribution >= 4 is 0 Å². The van der Waals surface area contributed by atoms with Gasteiger partial charge in [-0.25, -0.2) is 4.68 Å². The summed E-state index contributed by atoms with van der Waals surface area (Å²) < 4.78 is 9.07. The lowest BCUT2D eigenvalue weighted by atomic mass is 10.1. The summed E-state index contributed by atoms with van der Waals surface area (Å²) >= 11 is 0. The van der Waals surface area contributed by atoms with Gasteiger partial charge in [-0.3, -0.25) is 4.68 Å². The Morgan fingerprint density at radius 3 is 2.55 bits per heavy atom. The first-order valence-electron chi connectivity index (χ1n) is 6.74. The fraction of sp³-hybridized carbons (Fsp3) is 0.571. The second-order valence-electron chi connectivity index (χ2n) is 5.11. The number of hydrogen-bond donors (Lipinski definition) is 1. The van der Waals surface area contributed by atoms with Crippen molar-refractivity contribution in [2.45, 2.75) is 33.4 Å². The van der Waals surface area contributed by atoms with Crippen molar-refractivity contribution in [2.24, 2.45) is 14.1 Å². The molecule has 0 amide bonds. The van der Waals surface area contributed by atoms with Gasteiger partial charge in [0.15, 0.2) is 0 Å². The second kappa shape index (κ2) is 5.66. The second-order valence-corrected chi connectivity index (χ2v) is 5.11. The summed E-state index contributed by atoms with van der Waals surface area (Å²) in [5.41, 5.74) is 4.49. The van der Waals surface area contributed by atoms with Crippen LogP contribution in [0, 0.1) is 13.8 Å². The first kappa shape index (κ1) is 14.6. The highest BCUT2D eigenvalue weighted by molar-refractivity contribution is 5.31. The third-order valence-corrected chi connectivity index (χ3v) is 3.81. The lowest BCUT2D eigenvalue weighted by molar-refractivity contribution is 0.367. The average Bonchev–Trinajstić information content (AvgIpc) is 2.87. The molecular formula is C14H23N5O. The van der Waals surface area contributed by atoms with Gasteiger partial charge in [-0.1, -0.05) is 0 Å². The van der Waals surface area contributed by atoms with E-state index in [0.29, 0.717) is 0 Å². The number of hydrogen-bond acceptors (Lipinski definition) is 4.